The van der Waals surface area contributed by atoms with Gasteiger partial charge in [0.1, 0.15) is 6.54 Å². The van der Waals surface area contributed by atoms with E-state index in [1.165, 1.54) is 4.90 Å². The van der Waals surface area contributed by atoms with Gasteiger partial charge in [-0.1, -0.05) is 17.7 Å². The summed E-state index contributed by atoms with van der Waals surface area (Å²) in [6, 6.07) is 6.63. The highest BCUT2D eigenvalue weighted by Gasteiger charge is 2.34. The SMILES string of the molecule is O=C(O)CN(C(=O)c1cccc(Cl)c1)C1CC1. The minimum atomic E-state index is -0.993. The van der Waals surface area contributed by atoms with E-state index < -0.39 is 5.97 Å². The van der Waals surface area contributed by atoms with Crippen LogP contribution < -0.4 is 0 Å². The van der Waals surface area contributed by atoms with Crippen molar-refractivity contribution in [2.45, 2.75) is 18.9 Å². The minimum Gasteiger partial charge on any atom is -0.480 e. The predicted molar refractivity (Wildman–Crippen MR) is 63.1 cm³/mol. The van der Waals surface area contributed by atoms with Gasteiger partial charge in [0.25, 0.3) is 5.91 Å². The van der Waals surface area contributed by atoms with Gasteiger partial charge in [0.15, 0.2) is 0 Å². The fraction of sp³-hybridized carbons (Fsp3) is 0.333. The molecule has 0 unspecified atom stereocenters. The Morgan fingerprint density at radius 1 is 1.41 bits per heavy atom. The molecule has 1 aliphatic carbocycles. The lowest BCUT2D eigenvalue weighted by Crippen LogP contribution is -2.37. The van der Waals surface area contributed by atoms with Crippen molar-refractivity contribution < 1.29 is 14.7 Å². The van der Waals surface area contributed by atoms with E-state index in [0.29, 0.717) is 10.6 Å². The van der Waals surface area contributed by atoms with Crippen molar-refractivity contribution in [2.75, 3.05) is 6.54 Å². The standard InChI is InChI=1S/C12H12ClNO3/c13-9-3-1-2-8(6-9)12(17)14(7-11(15)16)10-4-5-10/h1-3,6,10H,4-5,7H2,(H,15,16). The van der Waals surface area contributed by atoms with E-state index in [-0.39, 0.29) is 18.5 Å². The molecule has 90 valence electrons. The molecule has 0 aromatic heterocycles. The number of aliphatic carboxylic acids is 1. The van der Waals surface area contributed by atoms with Gasteiger partial charge in [-0.25, -0.2) is 0 Å². The Morgan fingerprint density at radius 2 is 2.12 bits per heavy atom. The van der Waals surface area contributed by atoms with Gasteiger partial charge in [-0.05, 0) is 31.0 Å². The first-order chi connectivity index (χ1) is 8.08. The maximum absolute atomic E-state index is 12.1. The first-order valence-corrected chi connectivity index (χ1v) is 5.74. The van der Waals surface area contributed by atoms with E-state index in [1.54, 1.807) is 24.3 Å². The Balaban J connectivity index is 2.18. The highest BCUT2D eigenvalue weighted by atomic mass is 35.5. The van der Waals surface area contributed by atoms with Crippen molar-refractivity contribution in [1.82, 2.24) is 4.90 Å². The number of hydrogen-bond acceptors (Lipinski definition) is 2. The Kier molecular flexibility index (Phi) is 3.33. The van der Waals surface area contributed by atoms with E-state index in [2.05, 4.69) is 0 Å². The maximum Gasteiger partial charge on any atom is 0.323 e. The second-order valence-corrected chi connectivity index (χ2v) is 4.50. The van der Waals surface area contributed by atoms with Crippen molar-refractivity contribution in [2.24, 2.45) is 0 Å². The van der Waals surface area contributed by atoms with Gasteiger partial charge in [-0.2, -0.15) is 0 Å². The summed E-state index contributed by atoms with van der Waals surface area (Å²) in [5, 5.41) is 9.26. The Hall–Kier alpha value is -1.55. The van der Waals surface area contributed by atoms with Gasteiger partial charge < -0.3 is 10.0 Å². The first kappa shape index (κ1) is 11.9. The summed E-state index contributed by atoms with van der Waals surface area (Å²) >= 11 is 5.81. The van der Waals surface area contributed by atoms with Crippen LogP contribution in [0.2, 0.25) is 5.02 Å². The van der Waals surface area contributed by atoms with E-state index in [4.69, 9.17) is 16.7 Å². The molecule has 0 radical (unpaired) electrons. The molecule has 1 N–H and O–H groups in total. The molecule has 2 rings (SSSR count). The van der Waals surface area contributed by atoms with E-state index in [9.17, 15) is 9.59 Å². The van der Waals surface area contributed by atoms with Crippen LogP contribution in [0.4, 0.5) is 0 Å². The van der Waals surface area contributed by atoms with Crippen LogP contribution in [0.3, 0.4) is 0 Å². The van der Waals surface area contributed by atoms with Crippen molar-refractivity contribution in [3.63, 3.8) is 0 Å². The summed E-state index contributed by atoms with van der Waals surface area (Å²) in [7, 11) is 0. The molecule has 0 bridgehead atoms. The first-order valence-electron chi connectivity index (χ1n) is 5.36. The van der Waals surface area contributed by atoms with Gasteiger partial charge in [-0.3, -0.25) is 9.59 Å². The second-order valence-electron chi connectivity index (χ2n) is 4.07. The quantitative estimate of drug-likeness (QED) is 0.893. The molecule has 1 aromatic rings. The van der Waals surface area contributed by atoms with Crippen molar-refractivity contribution in [3.05, 3.63) is 34.9 Å². The van der Waals surface area contributed by atoms with E-state index in [1.807, 2.05) is 0 Å². The summed E-state index contributed by atoms with van der Waals surface area (Å²) < 4.78 is 0. The molecule has 1 saturated carbocycles. The van der Waals surface area contributed by atoms with E-state index in [0.717, 1.165) is 12.8 Å². The fourth-order valence-corrected chi connectivity index (χ4v) is 1.88. The molecule has 0 atom stereocenters. The summed E-state index contributed by atoms with van der Waals surface area (Å²) in [6.45, 7) is -0.254. The van der Waals surface area contributed by atoms with Gasteiger partial charge in [0, 0.05) is 16.6 Å². The van der Waals surface area contributed by atoms with Crippen LogP contribution in [0, 0.1) is 0 Å². The van der Waals surface area contributed by atoms with Crippen LogP contribution in [0.25, 0.3) is 0 Å². The lowest BCUT2D eigenvalue weighted by molar-refractivity contribution is -0.137. The molecule has 5 heteroatoms. The average molecular weight is 254 g/mol. The Morgan fingerprint density at radius 3 is 2.65 bits per heavy atom. The van der Waals surface area contributed by atoms with Crippen LogP contribution in [-0.2, 0) is 4.79 Å². The molecule has 1 aliphatic rings. The number of carboxylic acids is 1. The van der Waals surface area contributed by atoms with Gasteiger partial charge in [-0.15, -0.1) is 0 Å². The number of carbonyl (C=O) groups is 2. The van der Waals surface area contributed by atoms with Crippen LogP contribution in [0.5, 0.6) is 0 Å². The van der Waals surface area contributed by atoms with Crippen LogP contribution in [-0.4, -0.2) is 34.5 Å². The molecule has 4 nitrogen and oxygen atoms in total. The third kappa shape index (κ3) is 2.97. The molecule has 0 heterocycles. The zero-order chi connectivity index (χ0) is 12.4. The van der Waals surface area contributed by atoms with Crippen LogP contribution in [0.15, 0.2) is 24.3 Å². The lowest BCUT2D eigenvalue weighted by Gasteiger charge is -2.20. The zero-order valence-electron chi connectivity index (χ0n) is 9.10. The number of hydrogen-bond donors (Lipinski definition) is 1. The number of carbonyl (C=O) groups excluding carboxylic acids is 1. The molecule has 1 fully saturated rings. The highest BCUT2D eigenvalue weighted by Crippen LogP contribution is 2.28. The number of benzene rings is 1. The normalized spacial score (nSPS) is 14.4. The summed E-state index contributed by atoms with van der Waals surface area (Å²) in [6.07, 6.45) is 1.75. The zero-order valence-corrected chi connectivity index (χ0v) is 9.85. The minimum absolute atomic E-state index is 0.0672. The van der Waals surface area contributed by atoms with Crippen LogP contribution in [0.1, 0.15) is 23.2 Å². The molecular weight excluding hydrogens is 242 g/mol. The third-order valence-corrected chi connectivity index (χ3v) is 2.86. The third-order valence-electron chi connectivity index (χ3n) is 2.63. The van der Waals surface area contributed by atoms with Gasteiger partial charge >= 0.3 is 5.97 Å². The Bertz CT molecular complexity index is 457. The summed E-state index contributed by atoms with van der Waals surface area (Å²) in [5.74, 6) is -1.26. The van der Waals surface area contributed by atoms with Crippen molar-refractivity contribution >= 4 is 23.5 Å². The molecule has 0 aliphatic heterocycles. The van der Waals surface area contributed by atoms with Crippen LogP contribution >= 0.6 is 11.6 Å². The summed E-state index contributed by atoms with van der Waals surface area (Å²) in [4.78, 5) is 24.2. The monoisotopic (exact) mass is 253 g/mol. The lowest BCUT2D eigenvalue weighted by atomic mass is 10.2. The molecule has 17 heavy (non-hydrogen) atoms. The average Bonchev–Trinajstić information content (AvgIpc) is 3.08. The van der Waals surface area contributed by atoms with Crippen molar-refractivity contribution in [3.8, 4) is 0 Å². The fourth-order valence-electron chi connectivity index (χ4n) is 1.69. The molecule has 1 aromatic carbocycles. The highest BCUT2D eigenvalue weighted by molar-refractivity contribution is 6.30. The summed E-state index contributed by atoms with van der Waals surface area (Å²) in [5.41, 5.74) is 0.436. The van der Waals surface area contributed by atoms with Gasteiger partial charge in [0.2, 0.25) is 0 Å². The predicted octanol–water partition coefficient (Wildman–Crippen LogP) is 2.03. The second kappa shape index (κ2) is 4.75. The number of carboxylic acid groups (broad SMARTS) is 1. The molecule has 0 spiro atoms. The number of amides is 1. The Labute approximate surface area is 104 Å². The number of nitrogens with zero attached hydrogens (tertiary/aromatic N) is 1. The maximum atomic E-state index is 12.1. The smallest absolute Gasteiger partial charge is 0.323 e. The van der Waals surface area contributed by atoms with Gasteiger partial charge in [0.05, 0.1) is 0 Å². The molecule has 1 amide bonds. The topological polar surface area (TPSA) is 57.6 Å². The van der Waals surface area contributed by atoms with E-state index >= 15 is 0 Å². The number of halogens is 1. The van der Waals surface area contributed by atoms with Crippen molar-refractivity contribution in [1.29, 1.82) is 0 Å². The molecule has 0 saturated heterocycles. The molecular formula is C12H12ClNO3. The largest absolute Gasteiger partial charge is 0.480 e. The number of rotatable bonds is 4.